The summed E-state index contributed by atoms with van der Waals surface area (Å²) in [5, 5.41) is 17.5. The average molecular weight is 446 g/mol. The number of hydrogen-bond donors (Lipinski definition) is 2. The number of nitrogens with zero attached hydrogens (tertiary/aromatic N) is 2. The number of benzene rings is 3. The molecule has 0 aromatic heterocycles. The molecule has 2 N–H and O–H groups in total. The van der Waals surface area contributed by atoms with Crippen molar-refractivity contribution >= 4 is 29.4 Å². The van der Waals surface area contributed by atoms with Crippen molar-refractivity contribution in [2.45, 2.75) is 13.8 Å². The molecule has 0 unspecified atom stereocenters. The number of nitrogens with one attached hydrogen (secondary N) is 2. The first-order chi connectivity index (χ1) is 15.8. The molecule has 0 bridgehead atoms. The van der Waals surface area contributed by atoms with E-state index in [2.05, 4.69) is 15.8 Å². The van der Waals surface area contributed by atoms with Crippen LogP contribution in [0, 0.1) is 24.0 Å². The Morgan fingerprint density at radius 2 is 1.79 bits per heavy atom. The summed E-state index contributed by atoms with van der Waals surface area (Å²) in [7, 11) is 0. The highest BCUT2D eigenvalue weighted by Crippen LogP contribution is 2.15. The summed E-state index contributed by atoms with van der Waals surface area (Å²) in [4.78, 5) is 34.4. The molecule has 33 heavy (non-hydrogen) atoms. The lowest BCUT2D eigenvalue weighted by Crippen LogP contribution is -2.20. The average Bonchev–Trinajstić information content (AvgIpc) is 2.81. The molecule has 9 heteroatoms. The number of nitro benzene ring substituents is 1. The fraction of sp³-hybridized carbons (Fsp3) is 0.125. The second-order valence-corrected chi connectivity index (χ2v) is 7.21. The topological polar surface area (TPSA) is 123 Å². The van der Waals surface area contributed by atoms with Gasteiger partial charge in [-0.15, -0.1) is 0 Å². The van der Waals surface area contributed by atoms with Gasteiger partial charge in [-0.05, 0) is 73.0 Å². The molecule has 9 nitrogen and oxygen atoms in total. The Labute approximate surface area is 190 Å². The molecule has 168 valence electrons. The molecule has 3 rings (SSSR count). The Morgan fingerprint density at radius 1 is 1.03 bits per heavy atom. The van der Waals surface area contributed by atoms with Crippen LogP contribution in [0.15, 0.2) is 71.8 Å². The summed E-state index contributed by atoms with van der Waals surface area (Å²) in [6.45, 7) is 3.84. The van der Waals surface area contributed by atoms with Gasteiger partial charge in [-0.25, -0.2) is 5.43 Å². The molecule has 3 aromatic carbocycles. The number of hydrazone groups is 1. The minimum absolute atomic E-state index is 0.129. The number of rotatable bonds is 8. The first kappa shape index (κ1) is 23.1. The number of amides is 2. The van der Waals surface area contributed by atoms with Gasteiger partial charge in [-0.1, -0.05) is 12.1 Å². The number of carbonyl (C=O) groups excluding carboxylic acids is 2. The van der Waals surface area contributed by atoms with Gasteiger partial charge in [0.2, 0.25) is 0 Å². The van der Waals surface area contributed by atoms with Gasteiger partial charge in [0, 0.05) is 23.4 Å². The summed E-state index contributed by atoms with van der Waals surface area (Å²) >= 11 is 0. The Bertz CT molecular complexity index is 1210. The van der Waals surface area contributed by atoms with Crippen LogP contribution < -0.4 is 15.5 Å². The SMILES string of the molecule is Cc1ccc(NC(=O)COc2ccc(/C=N\NC(=O)c3cccc([N+](=O)[O-])c3)cc2)cc1C. The van der Waals surface area contributed by atoms with Gasteiger partial charge in [0.05, 0.1) is 11.1 Å². The lowest BCUT2D eigenvalue weighted by molar-refractivity contribution is -0.384. The number of non-ortho nitro benzene ring substituents is 1. The van der Waals surface area contributed by atoms with Crippen molar-refractivity contribution in [2.24, 2.45) is 5.10 Å². The zero-order valence-corrected chi connectivity index (χ0v) is 18.1. The number of anilines is 1. The van der Waals surface area contributed by atoms with Crippen LogP contribution in [0.1, 0.15) is 27.0 Å². The maximum Gasteiger partial charge on any atom is 0.271 e. The number of carbonyl (C=O) groups is 2. The van der Waals surface area contributed by atoms with Crippen molar-refractivity contribution in [1.82, 2.24) is 5.43 Å². The Morgan fingerprint density at radius 3 is 2.48 bits per heavy atom. The van der Waals surface area contributed by atoms with E-state index >= 15 is 0 Å². The van der Waals surface area contributed by atoms with Gasteiger partial charge in [-0.3, -0.25) is 19.7 Å². The number of aryl methyl sites for hydroxylation is 2. The lowest BCUT2D eigenvalue weighted by Gasteiger charge is -2.09. The third-order valence-corrected chi connectivity index (χ3v) is 4.74. The summed E-state index contributed by atoms with van der Waals surface area (Å²) in [5.74, 6) is -0.333. The summed E-state index contributed by atoms with van der Waals surface area (Å²) in [5.41, 5.74) is 5.91. The zero-order valence-electron chi connectivity index (χ0n) is 18.1. The van der Waals surface area contributed by atoms with Crippen LogP contribution >= 0.6 is 0 Å². The predicted molar refractivity (Wildman–Crippen MR) is 125 cm³/mol. The van der Waals surface area contributed by atoms with Gasteiger partial charge < -0.3 is 10.1 Å². The van der Waals surface area contributed by atoms with E-state index in [0.29, 0.717) is 17.0 Å². The van der Waals surface area contributed by atoms with Crippen molar-refractivity contribution in [3.05, 3.63) is 99.1 Å². The molecule has 0 spiro atoms. The van der Waals surface area contributed by atoms with Crippen LogP contribution in [0.5, 0.6) is 5.75 Å². The van der Waals surface area contributed by atoms with Crippen LogP contribution in [-0.2, 0) is 4.79 Å². The maximum absolute atomic E-state index is 12.1. The highest BCUT2D eigenvalue weighted by molar-refractivity contribution is 5.95. The first-order valence-corrected chi connectivity index (χ1v) is 9.99. The third-order valence-electron chi connectivity index (χ3n) is 4.74. The highest BCUT2D eigenvalue weighted by atomic mass is 16.6. The van der Waals surface area contributed by atoms with Crippen molar-refractivity contribution in [2.75, 3.05) is 11.9 Å². The Kier molecular flexibility index (Phi) is 7.48. The quantitative estimate of drug-likeness (QED) is 0.308. The fourth-order valence-corrected chi connectivity index (χ4v) is 2.81. The molecule has 0 fully saturated rings. The highest BCUT2D eigenvalue weighted by Gasteiger charge is 2.10. The molecular weight excluding hydrogens is 424 g/mol. The third kappa shape index (κ3) is 6.73. The number of hydrogen-bond acceptors (Lipinski definition) is 6. The van der Waals surface area contributed by atoms with Crippen LogP contribution in [-0.4, -0.2) is 29.6 Å². The van der Waals surface area contributed by atoms with Crippen LogP contribution in [0.3, 0.4) is 0 Å². The number of nitro groups is 1. The normalized spacial score (nSPS) is 10.6. The van der Waals surface area contributed by atoms with Gasteiger partial charge >= 0.3 is 0 Å². The second kappa shape index (κ2) is 10.7. The smallest absolute Gasteiger partial charge is 0.271 e. The van der Waals surface area contributed by atoms with Gasteiger partial charge in [0.1, 0.15) is 5.75 Å². The maximum atomic E-state index is 12.1. The molecule has 0 heterocycles. The van der Waals surface area contributed by atoms with Gasteiger partial charge in [-0.2, -0.15) is 5.10 Å². The minimum atomic E-state index is -0.573. The van der Waals surface area contributed by atoms with Crippen molar-refractivity contribution in [3.63, 3.8) is 0 Å². The Hall–Kier alpha value is -4.53. The summed E-state index contributed by atoms with van der Waals surface area (Å²) < 4.78 is 5.50. The molecule has 3 aromatic rings. The van der Waals surface area contributed by atoms with Crippen LogP contribution in [0.2, 0.25) is 0 Å². The molecule has 0 atom stereocenters. The van der Waals surface area contributed by atoms with E-state index in [1.165, 1.54) is 30.5 Å². The van der Waals surface area contributed by atoms with Crippen molar-refractivity contribution < 1.29 is 19.2 Å². The minimum Gasteiger partial charge on any atom is -0.484 e. The van der Waals surface area contributed by atoms with Crippen LogP contribution in [0.4, 0.5) is 11.4 Å². The summed E-state index contributed by atoms with van der Waals surface area (Å²) in [6, 6.07) is 17.8. The number of ether oxygens (including phenoxy) is 1. The lowest BCUT2D eigenvalue weighted by atomic mass is 10.1. The molecule has 0 aliphatic rings. The molecule has 0 radical (unpaired) electrons. The van der Waals surface area contributed by atoms with E-state index < -0.39 is 10.8 Å². The standard InChI is InChI=1S/C24H22N4O5/c1-16-6-9-20(12-17(16)2)26-23(29)15-33-22-10-7-18(8-11-22)14-25-27-24(30)19-4-3-5-21(13-19)28(31)32/h3-14H,15H2,1-2H3,(H,26,29)(H,27,30)/b25-14-. The second-order valence-electron chi connectivity index (χ2n) is 7.21. The first-order valence-electron chi connectivity index (χ1n) is 9.99. The zero-order chi connectivity index (χ0) is 23.8. The molecular formula is C24H22N4O5. The Balaban J connectivity index is 1.48. The molecule has 2 amide bonds. The van der Waals surface area contributed by atoms with E-state index in [1.54, 1.807) is 24.3 Å². The van der Waals surface area contributed by atoms with E-state index in [0.717, 1.165) is 11.1 Å². The predicted octanol–water partition coefficient (Wildman–Crippen LogP) is 3.99. The molecule has 0 saturated carbocycles. The van der Waals surface area contributed by atoms with E-state index in [4.69, 9.17) is 4.74 Å². The summed E-state index contributed by atoms with van der Waals surface area (Å²) in [6.07, 6.45) is 1.42. The van der Waals surface area contributed by atoms with Crippen molar-refractivity contribution in [3.8, 4) is 5.75 Å². The fourth-order valence-electron chi connectivity index (χ4n) is 2.81. The van der Waals surface area contributed by atoms with Crippen LogP contribution in [0.25, 0.3) is 0 Å². The van der Waals surface area contributed by atoms with Crippen molar-refractivity contribution in [1.29, 1.82) is 0 Å². The van der Waals surface area contributed by atoms with E-state index in [-0.39, 0.29) is 23.8 Å². The van der Waals surface area contributed by atoms with Gasteiger partial charge in [0.25, 0.3) is 17.5 Å². The molecule has 0 aliphatic carbocycles. The molecule has 0 aliphatic heterocycles. The monoisotopic (exact) mass is 446 g/mol. The van der Waals surface area contributed by atoms with Gasteiger partial charge in [0.15, 0.2) is 6.61 Å². The van der Waals surface area contributed by atoms with E-state index in [9.17, 15) is 19.7 Å². The largest absolute Gasteiger partial charge is 0.484 e. The molecule has 0 saturated heterocycles. The van der Waals surface area contributed by atoms with E-state index in [1.807, 2.05) is 32.0 Å².